The number of hydrogen-bond donors (Lipinski definition) is 1. The molecular formula is C7H5NO4S. The average molecular weight is 199 g/mol. The van der Waals surface area contributed by atoms with Crippen LogP contribution in [0.15, 0.2) is 23.1 Å². The molecule has 1 rings (SSSR count). The Hall–Kier alpha value is -1.56. The van der Waals surface area contributed by atoms with E-state index in [-0.39, 0.29) is 17.9 Å². The summed E-state index contributed by atoms with van der Waals surface area (Å²) in [7, 11) is 0. The van der Waals surface area contributed by atoms with E-state index in [1.807, 2.05) is 0 Å². The van der Waals surface area contributed by atoms with Crippen molar-refractivity contribution >= 4 is 24.8 Å². The average Bonchev–Trinajstić information content (AvgIpc) is 2.04. The van der Waals surface area contributed by atoms with Crippen molar-refractivity contribution in [1.29, 1.82) is 0 Å². The molecular weight excluding hydrogens is 194 g/mol. The van der Waals surface area contributed by atoms with Crippen molar-refractivity contribution in [1.82, 2.24) is 0 Å². The van der Waals surface area contributed by atoms with Crippen LogP contribution in [-0.4, -0.2) is 11.4 Å². The predicted molar refractivity (Wildman–Crippen MR) is 47.0 cm³/mol. The van der Waals surface area contributed by atoms with Crippen molar-refractivity contribution < 1.29 is 14.5 Å². The summed E-state index contributed by atoms with van der Waals surface area (Å²) >= 11 is 3.94. The normalized spacial score (nSPS) is 9.31. The number of thiol groups is 1. The molecule has 0 unspecified atom stereocenters. The van der Waals surface area contributed by atoms with Gasteiger partial charge in [0.25, 0.3) is 6.47 Å². The first-order chi connectivity index (χ1) is 6.15. The highest BCUT2D eigenvalue weighted by Crippen LogP contribution is 2.28. The highest BCUT2D eigenvalue weighted by molar-refractivity contribution is 7.80. The fourth-order valence-electron chi connectivity index (χ4n) is 0.800. The fraction of sp³-hybridized carbons (Fsp3) is 0. The van der Waals surface area contributed by atoms with Crippen LogP contribution in [-0.2, 0) is 4.79 Å². The van der Waals surface area contributed by atoms with Crippen molar-refractivity contribution in [2.45, 2.75) is 4.90 Å². The minimum absolute atomic E-state index is 0.104. The Bertz CT molecular complexity index is 352. The summed E-state index contributed by atoms with van der Waals surface area (Å²) in [6.07, 6.45) is 0. The molecule has 0 heterocycles. The minimum Gasteiger partial charge on any atom is -0.421 e. The second-order valence-corrected chi connectivity index (χ2v) is 2.64. The Morgan fingerprint density at radius 1 is 1.54 bits per heavy atom. The van der Waals surface area contributed by atoms with Gasteiger partial charge in [-0.05, 0) is 6.07 Å². The first-order valence-corrected chi connectivity index (χ1v) is 3.67. The smallest absolute Gasteiger partial charge is 0.311 e. The van der Waals surface area contributed by atoms with Crippen LogP contribution in [0.5, 0.6) is 5.75 Å². The largest absolute Gasteiger partial charge is 0.421 e. The lowest BCUT2D eigenvalue weighted by Crippen LogP contribution is -1.95. The summed E-state index contributed by atoms with van der Waals surface area (Å²) in [5.41, 5.74) is -0.259. The molecule has 0 N–H and O–H groups in total. The standard InChI is InChI=1S/C7H5NO4S/c9-4-12-7-3-5(13)1-2-6(7)8(10)11/h1-4,13H. The minimum atomic E-state index is -0.633. The van der Waals surface area contributed by atoms with E-state index in [1.54, 1.807) is 0 Å². The third-order valence-electron chi connectivity index (χ3n) is 1.32. The number of benzene rings is 1. The summed E-state index contributed by atoms with van der Waals surface area (Å²) in [6.45, 7) is 0.134. The maximum Gasteiger partial charge on any atom is 0.311 e. The number of carbonyl (C=O) groups is 1. The van der Waals surface area contributed by atoms with Gasteiger partial charge in [0.1, 0.15) is 0 Å². The van der Waals surface area contributed by atoms with E-state index in [9.17, 15) is 14.9 Å². The maximum atomic E-state index is 10.4. The monoisotopic (exact) mass is 199 g/mol. The van der Waals surface area contributed by atoms with Gasteiger partial charge in [-0.1, -0.05) is 0 Å². The molecule has 0 amide bonds. The zero-order valence-corrected chi connectivity index (χ0v) is 7.23. The molecule has 0 spiro atoms. The summed E-state index contributed by atoms with van der Waals surface area (Å²) < 4.78 is 4.41. The number of carbonyl (C=O) groups excluding carboxylic acids is 1. The molecule has 0 saturated carbocycles. The van der Waals surface area contributed by atoms with Crippen molar-refractivity contribution in [3.63, 3.8) is 0 Å². The summed E-state index contributed by atoms with van der Waals surface area (Å²) in [5, 5.41) is 10.4. The number of nitro groups is 1. The third-order valence-corrected chi connectivity index (χ3v) is 1.59. The fourth-order valence-corrected chi connectivity index (χ4v) is 0.992. The molecule has 0 radical (unpaired) electrons. The Morgan fingerprint density at radius 2 is 2.23 bits per heavy atom. The van der Waals surface area contributed by atoms with Crippen molar-refractivity contribution in [3.8, 4) is 5.75 Å². The molecule has 5 nitrogen and oxygen atoms in total. The van der Waals surface area contributed by atoms with Crippen molar-refractivity contribution in [2.75, 3.05) is 0 Å². The number of nitro benzene ring substituents is 1. The van der Waals surface area contributed by atoms with Crippen LogP contribution >= 0.6 is 12.6 Å². The van der Waals surface area contributed by atoms with Crippen molar-refractivity contribution in [3.05, 3.63) is 28.3 Å². The molecule has 0 fully saturated rings. The Labute approximate surface area is 78.9 Å². The molecule has 1 aromatic carbocycles. The van der Waals surface area contributed by atoms with Crippen LogP contribution in [0.4, 0.5) is 5.69 Å². The second kappa shape index (κ2) is 3.90. The van der Waals surface area contributed by atoms with E-state index < -0.39 is 4.92 Å². The summed E-state index contributed by atoms with van der Waals surface area (Å²) in [5.74, 6) is -0.104. The zero-order chi connectivity index (χ0) is 9.84. The van der Waals surface area contributed by atoms with E-state index in [0.717, 1.165) is 0 Å². The van der Waals surface area contributed by atoms with Gasteiger partial charge < -0.3 is 4.74 Å². The first-order valence-electron chi connectivity index (χ1n) is 3.23. The van der Waals surface area contributed by atoms with Crippen molar-refractivity contribution in [2.24, 2.45) is 0 Å². The van der Waals surface area contributed by atoms with E-state index in [2.05, 4.69) is 17.4 Å². The van der Waals surface area contributed by atoms with Gasteiger partial charge in [0, 0.05) is 17.0 Å². The predicted octanol–water partition coefficient (Wildman–Crippen LogP) is 1.42. The van der Waals surface area contributed by atoms with Crippen LogP contribution in [0.25, 0.3) is 0 Å². The summed E-state index contributed by atoms with van der Waals surface area (Å²) in [4.78, 5) is 20.2. The van der Waals surface area contributed by atoms with Crippen LogP contribution < -0.4 is 4.74 Å². The lowest BCUT2D eigenvalue weighted by atomic mass is 10.3. The van der Waals surface area contributed by atoms with E-state index in [1.165, 1.54) is 18.2 Å². The Kier molecular flexibility index (Phi) is 2.86. The molecule has 0 aliphatic heterocycles. The number of hydrogen-bond acceptors (Lipinski definition) is 5. The van der Waals surface area contributed by atoms with E-state index >= 15 is 0 Å². The molecule has 1 aromatic rings. The highest BCUT2D eigenvalue weighted by Gasteiger charge is 2.14. The molecule has 6 heteroatoms. The lowest BCUT2D eigenvalue weighted by molar-refractivity contribution is -0.385. The van der Waals surface area contributed by atoms with Gasteiger partial charge in [-0.3, -0.25) is 14.9 Å². The molecule has 0 atom stereocenters. The number of nitrogens with zero attached hydrogens (tertiary/aromatic N) is 1. The summed E-state index contributed by atoms with van der Waals surface area (Å²) in [6, 6.07) is 3.97. The SMILES string of the molecule is O=COc1cc(S)ccc1[N+](=O)[O-]. The van der Waals surface area contributed by atoms with Crippen LogP contribution in [0.2, 0.25) is 0 Å². The molecule has 13 heavy (non-hydrogen) atoms. The number of ether oxygens (including phenoxy) is 1. The Morgan fingerprint density at radius 3 is 2.77 bits per heavy atom. The van der Waals surface area contributed by atoms with Crippen LogP contribution in [0.1, 0.15) is 0 Å². The van der Waals surface area contributed by atoms with Gasteiger partial charge in [-0.2, -0.15) is 0 Å². The van der Waals surface area contributed by atoms with Gasteiger partial charge in [-0.15, -0.1) is 12.6 Å². The van der Waals surface area contributed by atoms with Crippen LogP contribution in [0.3, 0.4) is 0 Å². The van der Waals surface area contributed by atoms with Gasteiger partial charge in [0.05, 0.1) is 4.92 Å². The zero-order valence-electron chi connectivity index (χ0n) is 6.34. The van der Waals surface area contributed by atoms with E-state index in [0.29, 0.717) is 4.90 Å². The molecule has 0 bridgehead atoms. The molecule has 68 valence electrons. The van der Waals surface area contributed by atoms with Gasteiger partial charge >= 0.3 is 5.69 Å². The second-order valence-electron chi connectivity index (χ2n) is 2.12. The van der Waals surface area contributed by atoms with Gasteiger partial charge in [0.2, 0.25) is 5.75 Å². The Balaban J connectivity index is 3.17. The lowest BCUT2D eigenvalue weighted by Gasteiger charge is -1.99. The highest BCUT2D eigenvalue weighted by atomic mass is 32.1. The molecule has 0 aromatic heterocycles. The van der Waals surface area contributed by atoms with Gasteiger partial charge in [0.15, 0.2) is 0 Å². The molecule has 0 aliphatic carbocycles. The third kappa shape index (κ3) is 2.19. The van der Waals surface area contributed by atoms with E-state index in [4.69, 9.17) is 0 Å². The topological polar surface area (TPSA) is 69.4 Å². The maximum absolute atomic E-state index is 10.4. The van der Waals surface area contributed by atoms with Crippen LogP contribution in [0, 0.1) is 10.1 Å². The quantitative estimate of drug-likeness (QED) is 0.346. The molecule has 0 aliphatic rings. The van der Waals surface area contributed by atoms with Gasteiger partial charge in [-0.25, -0.2) is 0 Å². The number of rotatable bonds is 3. The molecule has 0 saturated heterocycles. The first kappa shape index (κ1) is 9.53.